The van der Waals surface area contributed by atoms with Gasteiger partial charge in [-0.1, -0.05) is 32.6 Å². The molecule has 1 saturated carbocycles. The maximum atomic E-state index is 12.5. The van der Waals surface area contributed by atoms with E-state index in [4.69, 9.17) is 5.73 Å². The van der Waals surface area contributed by atoms with Gasteiger partial charge in [0, 0.05) is 25.0 Å². The number of piperidine rings is 1. The molecule has 0 aromatic carbocycles. The second kappa shape index (κ2) is 7.62. The fraction of sp³-hybridized carbons (Fsp3) is 0.944. The fourth-order valence-electron chi connectivity index (χ4n) is 4.18. The van der Waals surface area contributed by atoms with Crippen LogP contribution in [0, 0.1) is 11.3 Å². The summed E-state index contributed by atoms with van der Waals surface area (Å²) < 4.78 is 0. The van der Waals surface area contributed by atoms with Gasteiger partial charge in [0.25, 0.3) is 0 Å². The molecule has 0 aromatic rings. The van der Waals surface area contributed by atoms with Crippen LogP contribution in [0.2, 0.25) is 0 Å². The van der Waals surface area contributed by atoms with Crippen molar-refractivity contribution in [3.8, 4) is 0 Å². The number of rotatable bonds is 5. The van der Waals surface area contributed by atoms with Crippen LogP contribution in [0.1, 0.15) is 78.1 Å². The van der Waals surface area contributed by atoms with Crippen molar-refractivity contribution < 1.29 is 4.79 Å². The Labute approximate surface area is 130 Å². The molecule has 1 heterocycles. The Bertz CT molecular complexity index is 324. The Kier molecular flexibility index (Phi) is 6.09. The van der Waals surface area contributed by atoms with Crippen molar-refractivity contribution in [2.24, 2.45) is 17.1 Å². The van der Waals surface area contributed by atoms with Gasteiger partial charge in [-0.25, -0.2) is 0 Å². The van der Waals surface area contributed by atoms with Crippen molar-refractivity contribution in [2.75, 3.05) is 13.1 Å². The highest BCUT2D eigenvalue weighted by atomic mass is 16.2. The van der Waals surface area contributed by atoms with E-state index in [1.54, 1.807) is 0 Å². The van der Waals surface area contributed by atoms with Crippen LogP contribution in [-0.2, 0) is 4.79 Å². The smallest absolute Gasteiger partial charge is 0.225 e. The molecule has 1 aliphatic heterocycles. The first-order valence-electron chi connectivity index (χ1n) is 9.07. The minimum absolute atomic E-state index is 0.171. The second-order valence-corrected chi connectivity index (χ2v) is 7.70. The number of amides is 1. The summed E-state index contributed by atoms with van der Waals surface area (Å²) in [5.41, 5.74) is 6.37. The molecule has 3 nitrogen and oxygen atoms in total. The monoisotopic (exact) mass is 294 g/mol. The topological polar surface area (TPSA) is 46.3 Å². The van der Waals surface area contributed by atoms with Gasteiger partial charge < -0.3 is 10.6 Å². The summed E-state index contributed by atoms with van der Waals surface area (Å²) in [5.74, 6) is 0.550. The van der Waals surface area contributed by atoms with Gasteiger partial charge in [0.1, 0.15) is 0 Å². The summed E-state index contributed by atoms with van der Waals surface area (Å²) in [4.78, 5) is 14.7. The molecule has 1 spiro atoms. The number of hydrogen-bond donors (Lipinski definition) is 1. The molecule has 21 heavy (non-hydrogen) atoms. The maximum absolute atomic E-state index is 12.5. The minimum atomic E-state index is 0.171. The van der Waals surface area contributed by atoms with Gasteiger partial charge in [-0.2, -0.15) is 0 Å². The van der Waals surface area contributed by atoms with Crippen LogP contribution < -0.4 is 5.73 Å². The Balaban J connectivity index is 1.74. The van der Waals surface area contributed by atoms with E-state index in [0.29, 0.717) is 11.3 Å². The lowest BCUT2D eigenvalue weighted by molar-refractivity contribution is -0.138. The molecule has 1 aliphatic carbocycles. The Morgan fingerprint density at radius 2 is 1.67 bits per heavy atom. The summed E-state index contributed by atoms with van der Waals surface area (Å²) in [5, 5.41) is 0. The maximum Gasteiger partial charge on any atom is 0.225 e. The van der Waals surface area contributed by atoms with Gasteiger partial charge in [-0.3, -0.25) is 4.79 Å². The van der Waals surface area contributed by atoms with Gasteiger partial charge in [0.2, 0.25) is 5.91 Å². The standard InChI is InChI=1S/C18H34N2O/c1-15(7-6-8-16(2)19)17(21)20-13-11-18(12-14-20)9-4-3-5-10-18/h15-16H,3-14,19H2,1-2H3. The second-order valence-electron chi connectivity index (χ2n) is 7.70. The number of nitrogens with two attached hydrogens (primary N) is 1. The van der Waals surface area contributed by atoms with E-state index < -0.39 is 0 Å². The molecule has 2 fully saturated rings. The summed E-state index contributed by atoms with van der Waals surface area (Å²) in [7, 11) is 0. The van der Waals surface area contributed by atoms with Crippen LogP contribution in [0.5, 0.6) is 0 Å². The summed E-state index contributed by atoms with van der Waals surface area (Å²) in [6, 6.07) is 0.258. The molecule has 2 unspecified atom stereocenters. The SMILES string of the molecule is CC(N)CCCC(C)C(=O)N1CCC2(CCCCC2)CC1. The quantitative estimate of drug-likeness (QED) is 0.840. The van der Waals surface area contributed by atoms with E-state index in [2.05, 4.69) is 11.8 Å². The number of hydrogen-bond acceptors (Lipinski definition) is 2. The van der Waals surface area contributed by atoms with Crippen molar-refractivity contribution in [1.29, 1.82) is 0 Å². The molecule has 0 radical (unpaired) electrons. The highest BCUT2D eigenvalue weighted by Gasteiger charge is 2.37. The fourth-order valence-corrected chi connectivity index (χ4v) is 4.18. The molecule has 1 saturated heterocycles. The molecule has 2 N–H and O–H groups in total. The molecule has 2 atom stereocenters. The number of carbonyl (C=O) groups is 1. The third kappa shape index (κ3) is 4.70. The van der Waals surface area contributed by atoms with Crippen molar-refractivity contribution in [3.63, 3.8) is 0 Å². The zero-order valence-corrected chi connectivity index (χ0v) is 14.1. The molecule has 1 amide bonds. The normalized spacial score (nSPS) is 24.8. The average molecular weight is 294 g/mol. The Morgan fingerprint density at radius 3 is 2.24 bits per heavy atom. The van der Waals surface area contributed by atoms with Crippen LogP contribution in [-0.4, -0.2) is 29.9 Å². The summed E-state index contributed by atoms with van der Waals surface area (Å²) in [6.45, 7) is 6.13. The largest absolute Gasteiger partial charge is 0.342 e. The van der Waals surface area contributed by atoms with Gasteiger partial charge in [0.15, 0.2) is 0 Å². The highest BCUT2D eigenvalue weighted by Crippen LogP contribution is 2.44. The third-order valence-electron chi connectivity index (χ3n) is 5.77. The van der Waals surface area contributed by atoms with Gasteiger partial charge >= 0.3 is 0 Å². The van der Waals surface area contributed by atoms with E-state index in [1.807, 2.05) is 6.92 Å². The molecule has 2 rings (SSSR count). The highest BCUT2D eigenvalue weighted by molar-refractivity contribution is 5.78. The predicted octanol–water partition coefficient (Wildman–Crippen LogP) is 3.71. The van der Waals surface area contributed by atoms with Crippen LogP contribution in [0.3, 0.4) is 0 Å². The van der Waals surface area contributed by atoms with E-state index in [-0.39, 0.29) is 12.0 Å². The number of nitrogens with zero attached hydrogens (tertiary/aromatic N) is 1. The average Bonchev–Trinajstić information content (AvgIpc) is 2.48. The molecule has 122 valence electrons. The molecule has 2 aliphatic rings. The summed E-state index contributed by atoms with van der Waals surface area (Å²) >= 11 is 0. The Morgan fingerprint density at radius 1 is 1.05 bits per heavy atom. The van der Waals surface area contributed by atoms with E-state index in [1.165, 1.54) is 44.9 Å². The van der Waals surface area contributed by atoms with Crippen molar-refractivity contribution >= 4 is 5.91 Å². The molecule has 0 aromatic heterocycles. The van der Waals surface area contributed by atoms with Gasteiger partial charge in [-0.05, 0) is 50.9 Å². The molecular formula is C18H34N2O. The van der Waals surface area contributed by atoms with Crippen LogP contribution in [0.4, 0.5) is 0 Å². The van der Waals surface area contributed by atoms with Crippen LogP contribution in [0.15, 0.2) is 0 Å². The Hall–Kier alpha value is -0.570. The zero-order valence-electron chi connectivity index (χ0n) is 14.1. The molecular weight excluding hydrogens is 260 g/mol. The number of likely N-dealkylation sites (tertiary alicyclic amines) is 1. The summed E-state index contributed by atoms with van der Waals surface area (Å²) in [6.07, 6.45) is 12.6. The van der Waals surface area contributed by atoms with Crippen LogP contribution in [0.25, 0.3) is 0 Å². The van der Waals surface area contributed by atoms with Crippen molar-refractivity contribution in [2.45, 2.75) is 84.1 Å². The predicted molar refractivity (Wildman–Crippen MR) is 88.0 cm³/mol. The van der Waals surface area contributed by atoms with Crippen molar-refractivity contribution in [3.05, 3.63) is 0 Å². The lowest BCUT2D eigenvalue weighted by atomic mass is 9.68. The lowest BCUT2D eigenvalue weighted by Crippen LogP contribution is -2.45. The van der Waals surface area contributed by atoms with Crippen LogP contribution >= 0.6 is 0 Å². The van der Waals surface area contributed by atoms with E-state index in [9.17, 15) is 4.79 Å². The van der Waals surface area contributed by atoms with E-state index >= 15 is 0 Å². The van der Waals surface area contributed by atoms with Crippen molar-refractivity contribution in [1.82, 2.24) is 4.90 Å². The number of carbonyl (C=O) groups excluding carboxylic acids is 1. The van der Waals surface area contributed by atoms with Gasteiger partial charge in [0.05, 0.1) is 0 Å². The van der Waals surface area contributed by atoms with E-state index in [0.717, 1.165) is 32.4 Å². The lowest BCUT2D eigenvalue weighted by Gasteiger charge is -2.44. The third-order valence-corrected chi connectivity index (χ3v) is 5.77. The minimum Gasteiger partial charge on any atom is -0.342 e. The molecule has 0 bridgehead atoms. The first-order valence-corrected chi connectivity index (χ1v) is 9.07. The first-order chi connectivity index (χ1) is 10.0. The molecule has 3 heteroatoms. The zero-order chi connectivity index (χ0) is 15.3. The van der Waals surface area contributed by atoms with Gasteiger partial charge in [-0.15, -0.1) is 0 Å². The first kappa shape index (κ1) is 16.8.